The molecule has 0 saturated heterocycles. The summed E-state index contributed by atoms with van der Waals surface area (Å²) < 4.78 is 0. The molecule has 1 amide bonds. The lowest BCUT2D eigenvalue weighted by atomic mass is 9.94. The van der Waals surface area contributed by atoms with Gasteiger partial charge in [0.15, 0.2) is 0 Å². The molecule has 0 aliphatic heterocycles. The molecule has 0 heterocycles. The maximum absolute atomic E-state index is 12.0. The van der Waals surface area contributed by atoms with Gasteiger partial charge in [0.1, 0.15) is 0 Å². The van der Waals surface area contributed by atoms with Crippen LogP contribution in [-0.4, -0.2) is 35.0 Å². The topological polar surface area (TPSA) is 57.6 Å². The van der Waals surface area contributed by atoms with Crippen LogP contribution in [0.5, 0.6) is 0 Å². The number of carbonyl (C=O) groups excluding carboxylic acids is 1. The summed E-state index contributed by atoms with van der Waals surface area (Å²) >= 11 is 0. The quantitative estimate of drug-likeness (QED) is 0.756. The van der Waals surface area contributed by atoms with Crippen molar-refractivity contribution in [1.29, 1.82) is 0 Å². The molecule has 0 rings (SSSR count). The lowest BCUT2D eigenvalue weighted by molar-refractivity contribution is -0.149. The van der Waals surface area contributed by atoms with Gasteiger partial charge < -0.3 is 10.0 Å². The van der Waals surface area contributed by atoms with Crippen LogP contribution in [0.15, 0.2) is 0 Å². The van der Waals surface area contributed by atoms with Gasteiger partial charge in [-0.15, -0.1) is 0 Å². The summed E-state index contributed by atoms with van der Waals surface area (Å²) in [5.41, 5.74) is 0. The van der Waals surface area contributed by atoms with E-state index in [1.165, 1.54) is 0 Å². The Kier molecular flexibility index (Phi) is 6.08. The highest BCUT2D eigenvalue weighted by Crippen LogP contribution is 2.15. The SMILES string of the molecule is CCN(CC(C)C)C(=O)C(C)C(C)C(=O)O. The van der Waals surface area contributed by atoms with Crippen LogP contribution >= 0.6 is 0 Å². The monoisotopic (exact) mass is 229 g/mol. The molecule has 0 fully saturated rings. The zero-order valence-corrected chi connectivity index (χ0v) is 10.9. The molecule has 16 heavy (non-hydrogen) atoms. The van der Waals surface area contributed by atoms with Crippen molar-refractivity contribution < 1.29 is 14.7 Å². The fourth-order valence-corrected chi connectivity index (χ4v) is 1.53. The Morgan fingerprint density at radius 1 is 1.12 bits per heavy atom. The normalized spacial score (nSPS) is 14.6. The number of rotatable bonds is 6. The van der Waals surface area contributed by atoms with E-state index in [2.05, 4.69) is 0 Å². The Balaban J connectivity index is 4.55. The van der Waals surface area contributed by atoms with Gasteiger partial charge in [-0.25, -0.2) is 0 Å². The van der Waals surface area contributed by atoms with Crippen LogP contribution in [0.25, 0.3) is 0 Å². The Morgan fingerprint density at radius 3 is 1.94 bits per heavy atom. The van der Waals surface area contributed by atoms with Gasteiger partial charge in [0, 0.05) is 19.0 Å². The van der Waals surface area contributed by atoms with Crippen LogP contribution in [0, 0.1) is 17.8 Å². The number of aliphatic carboxylic acids is 1. The Bertz CT molecular complexity index is 251. The fourth-order valence-electron chi connectivity index (χ4n) is 1.53. The van der Waals surface area contributed by atoms with E-state index in [-0.39, 0.29) is 5.91 Å². The smallest absolute Gasteiger partial charge is 0.307 e. The number of nitrogens with zero attached hydrogens (tertiary/aromatic N) is 1. The molecule has 2 atom stereocenters. The molecule has 0 bridgehead atoms. The number of amides is 1. The van der Waals surface area contributed by atoms with Crippen molar-refractivity contribution in [3.63, 3.8) is 0 Å². The minimum Gasteiger partial charge on any atom is -0.481 e. The Hall–Kier alpha value is -1.06. The van der Waals surface area contributed by atoms with E-state index in [4.69, 9.17) is 5.11 Å². The molecule has 0 spiro atoms. The third kappa shape index (κ3) is 4.21. The zero-order chi connectivity index (χ0) is 12.9. The second kappa shape index (κ2) is 6.51. The van der Waals surface area contributed by atoms with Crippen LogP contribution in [0.3, 0.4) is 0 Å². The summed E-state index contributed by atoms with van der Waals surface area (Å²) in [6, 6.07) is 0. The third-order valence-electron chi connectivity index (χ3n) is 2.81. The molecule has 0 aromatic rings. The summed E-state index contributed by atoms with van der Waals surface area (Å²) in [6.07, 6.45) is 0. The number of hydrogen-bond acceptors (Lipinski definition) is 2. The van der Waals surface area contributed by atoms with Crippen molar-refractivity contribution in [2.45, 2.75) is 34.6 Å². The molecular weight excluding hydrogens is 206 g/mol. The summed E-state index contributed by atoms with van der Waals surface area (Å²) in [5, 5.41) is 8.87. The molecular formula is C12H23NO3. The van der Waals surface area contributed by atoms with E-state index < -0.39 is 17.8 Å². The molecule has 94 valence electrons. The van der Waals surface area contributed by atoms with Gasteiger partial charge in [0.05, 0.1) is 5.92 Å². The van der Waals surface area contributed by atoms with E-state index in [1.807, 2.05) is 20.8 Å². The third-order valence-corrected chi connectivity index (χ3v) is 2.81. The Labute approximate surface area is 97.6 Å². The van der Waals surface area contributed by atoms with Gasteiger partial charge in [0.25, 0.3) is 0 Å². The number of hydrogen-bond donors (Lipinski definition) is 1. The molecule has 0 aromatic carbocycles. The predicted molar refractivity (Wildman–Crippen MR) is 63.1 cm³/mol. The predicted octanol–water partition coefficient (Wildman–Crippen LogP) is 1.85. The van der Waals surface area contributed by atoms with Crippen LogP contribution < -0.4 is 0 Å². The van der Waals surface area contributed by atoms with Crippen molar-refractivity contribution in [3.05, 3.63) is 0 Å². The van der Waals surface area contributed by atoms with E-state index >= 15 is 0 Å². The summed E-state index contributed by atoms with van der Waals surface area (Å²) in [7, 11) is 0. The van der Waals surface area contributed by atoms with Crippen LogP contribution in [-0.2, 0) is 9.59 Å². The number of carboxylic acid groups (broad SMARTS) is 1. The summed E-state index contributed by atoms with van der Waals surface area (Å²) in [6.45, 7) is 10.6. The van der Waals surface area contributed by atoms with Gasteiger partial charge in [-0.3, -0.25) is 9.59 Å². The minimum absolute atomic E-state index is 0.0638. The highest BCUT2D eigenvalue weighted by atomic mass is 16.4. The summed E-state index contributed by atoms with van der Waals surface area (Å²) in [5.74, 6) is -1.67. The first-order chi connectivity index (χ1) is 7.31. The lowest BCUT2D eigenvalue weighted by Crippen LogP contribution is -2.40. The van der Waals surface area contributed by atoms with Crippen LogP contribution in [0.1, 0.15) is 34.6 Å². The molecule has 0 aromatic heterocycles. The summed E-state index contributed by atoms with van der Waals surface area (Å²) in [4.78, 5) is 24.6. The largest absolute Gasteiger partial charge is 0.481 e. The van der Waals surface area contributed by atoms with Gasteiger partial charge in [-0.1, -0.05) is 27.7 Å². The van der Waals surface area contributed by atoms with E-state index in [0.717, 1.165) is 0 Å². The Morgan fingerprint density at radius 2 is 1.62 bits per heavy atom. The average molecular weight is 229 g/mol. The zero-order valence-electron chi connectivity index (χ0n) is 10.9. The van der Waals surface area contributed by atoms with Crippen LogP contribution in [0.2, 0.25) is 0 Å². The van der Waals surface area contributed by atoms with Crippen molar-refractivity contribution in [1.82, 2.24) is 4.90 Å². The minimum atomic E-state index is -0.915. The van der Waals surface area contributed by atoms with Crippen molar-refractivity contribution in [2.24, 2.45) is 17.8 Å². The lowest BCUT2D eigenvalue weighted by Gasteiger charge is -2.27. The molecule has 4 heteroatoms. The van der Waals surface area contributed by atoms with Crippen molar-refractivity contribution in [3.8, 4) is 0 Å². The first-order valence-corrected chi connectivity index (χ1v) is 5.82. The van der Waals surface area contributed by atoms with Gasteiger partial charge in [0.2, 0.25) is 5.91 Å². The second-order valence-corrected chi connectivity index (χ2v) is 4.69. The van der Waals surface area contributed by atoms with E-state index in [1.54, 1.807) is 18.7 Å². The van der Waals surface area contributed by atoms with Gasteiger partial charge >= 0.3 is 5.97 Å². The first-order valence-electron chi connectivity index (χ1n) is 5.82. The molecule has 0 saturated carbocycles. The molecule has 0 aliphatic rings. The fraction of sp³-hybridized carbons (Fsp3) is 0.833. The van der Waals surface area contributed by atoms with Crippen molar-refractivity contribution >= 4 is 11.9 Å². The standard InChI is InChI=1S/C12H23NO3/c1-6-13(7-8(2)3)11(14)9(4)10(5)12(15)16/h8-10H,6-7H2,1-5H3,(H,15,16). The van der Waals surface area contributed by atoms with Gasteiger partial charge in [-0.2, -0.15) is 0 Å². The molecule has 1 N–H and O–H groups in total. The number of carboxylic acids is 1. The highest BCUT2D eigenvalue weighted by Gasteiger charge is 2.28. The van der Waals surface area contributed by atoms with Crippen LogP contribution in [0.4, 0.5) is 0 Å². The molecule has 0 radical (unpaired) electrons. The maximum Gasteiger partial charge on any atom is 0.307 e. The molecule has 2 unspecified atom stereocenters. The number of carbonyl (C=O) groups is 2. The van der Waals surface area contributed by atoms with Crippen molar-refractivity contribution in [2.75, 3.05) is 13.1 Å². The van der Waals surface area contributed by atoms with E-state index in [9.17, 15) is 9.59 Å². The first kappa shape index (κ1) is 14.9. The average Bonchev–Trinajstić information content (AvgIpc) is 2.22. The molecule has 4 nitrogen and oxygen atoms in total. The second-order valence-electron chi connectivity index (χ2n) is 4.69. The van der Waals surface area contributed by atoms with E-state index in [0.29, 0.717) is 19.0 Å². The highest BCUT2D eigenvalue weighted by molar-refractivity contribution is 5.84. The van der Waals surface area contributed by atoms with Gasteiger partial charge in [-0.05, 0) is 12.8 Å². The molecule has 0 aliphatic carbocycles. The maximum atomic E-state index is 12.0.